The van der Waals surface area contributed by atoms with Crippen LogP contribution in [0.4, 0.5) is 5.69 Å². The van der Waals surface area contributed by atoms with Gasteiger partial charge in [-0.3, -0.25) is 15.3 Å². The Morgan fingerprint density at radius 3 is 2.71 bits per heavy atom. The summed E-state index contributed by atoms with van der Waals surface area (Å²) in [6, 6.07) is 6.11. The van der Waals surface area contributed by atoms with E-state index in [1.165, 1.54) is 30.1 Å². The lowest BCUT2D eigenvalue weighted by atomic mass is 10.0. The molecule has 21 heavy (non-hydrogen) atoms. The number of nitro groups is 1. The van der Waals surface area contributed by atoms with E-state index in [0.717, 1.165) is 4.74 Å². The molecule has 1 aliphatic heterocycles. The Balaban J connectivity index is 2.32. The number of hydrogen-bond donors (Lipinski definition) is 1. The minimum absolute atomic E-state index is 0.0110. The standard InChI is InChI=1S/C13H16N3O3S2/c1-13(2)11(21-12(20)14(13)3)15(17)8-9-5-4-6-10(7-9)16(18)19/h4-8,11,17H,1-3H3/q+1. The van der Waals surface area contributed by atoms with Crippen molar-refractivity contribution in [1.82, 2.24) is 4.90 Å². The van der Waals surface area contributed by atoms with Crippen LogP contribution in [0.1, 0.15) is 19.4 Å². The summed E-state index contributed by atoms with van der Waals surface area (Å²) in [6.07, 6.45) is 1.48. The number of benzene rings is 1. The third-order valence-corrected chi connectivity index (χ3v) is 5.61. The van der Waals surface area contributed by atoms with Crippen LogP contribution in [-0.4, -0.2) is 48.3 Å². The average Bonchev–Trinajstić information content (AvgIpc) is 2.62. The van der Waals surface area contributed by atoms with Crippen LogP contribution in [0.25, 0.3) is 0 Å². The normalized spacial score (nSPS) is 21.7. The third kappa shape index (κ3) is 3.01. The van der Waals surface area contributed by atoms with Crippen LogP contribution in [0.2, 0.25) is 0 Å². The quantitative estimate of drug-likeness (QED) is 0.230. The molecule has 0 aliphatic carbocycles. The Labute approximate surface area is 132 Å². The van der Waals surface area contributed by atoms with E-state index < -0.39 is 4.92 Å². The fraction of sp³-hybridized carbons (Fsp3) is 0.385. The first-order chi connectivity index (χ1) is 9.73. The molecule has 2 rings (SSSR count). The lowest BCUT2D eigenvalue weighted by molar-refractivity contribution is -0.785. The number of hydrogen-bond acceptors (Lipinski definition) is 5. The van der Waals surface area contributed by atoms with Crippen molar-refractivity contribution in [2.45, 2.75) is 24.8 Å². The summed E-state index contributed by atoms with van der Waals surface area (Å²) >= 11 is 6.64. The predicted octanol–water partition coefficient (Wildman–Crippen LogP) is 2.48. The fourth-order valence-electron chi connectivity index (χ4n) is 2.04. The highest BCUT2D eigenvalue weighted by Gasteiger charge is 2.51. The van der Waals surface area contributed by atoms with Crippen molar-refractivity contribution in [1.29, 1.82) is 0 Å². The van der Waals surface area contributed by atoms with Crippen LogP contribution in [0.15, 0.2) is 24.3 Å². The van der Waals surface area contributed by atoms with E-state index in [9.17, 15) is 15.3 Å². The first-order valence-electron chi connectivity index (χ1n) is 6.24. The van der Waals surface area contributed by atoms with Gasteiger partial charge in [0.1, 0.15) is 9.86 Å². The second-order valence-corrected chi connectivity index (χ2v) is 7.02. The van der Waals surface area contributed by atoms with E-state index in [1.54, 1.807) is 12.1 Å². The second kappa shape index (κ2) is 5.61. The third-order valence-electron chi connectivity index (χ3n) is 3.56. The number of nitrogens with zero attached hydrogens (tertiary/aromatic N) is 3. The summed E-state index contributed by atoms with van der Waals surface area (Å²) < 4.78 is 1.77. The monoisotopic (exact) mass is 326 g/mol. The molecule has 1 atom stereocenters. The lowest BCUT2D eigenvalue weighted by Gasteiger charge is -2.28. The minimum Gasteiger partial charge on any atom is -0.347 e. The molecule has 0 aromatic heterocycles. The molecule has 8 heteroatoms. The van der Waals surface area contributed by atoms with Gasteiger partial charge < -0.3 is 4.90 Å². The summed E-state index contributed by atoms with van der Waals surface area (Å²) in [6.45, 7) is 3.96. The molecule has 1 heterocycles. The average molecular weight is 326 g/mol. The molecule has 1 unspecified atom stereocenters. The van der Waals surface area contributed by atoms with Crippen LogP contribution >= 0.6 is 24.0 Å². The zero-order chi connectivity index (χ0) is 15.8. The summed E-state index contributed by atoms with van der Waals surface area (Å²) in [5.41, 5.74) is 0.194. The molecule has 112 valence electrons. The molecule has 1 N–H and O–H groups in total. The van der Waals surface area contributed by atoms with Gasteiger partial charge in [0, 0.05) is 24.7 Å². The number of nitro benzene ring substituents is 1. The molecule has 0 spiro atoms. The summed E-state index contributed by atoms with van der Waals surface area (Å²) in [7, 11) is 1.89. The van der Waals surface area contributed by atoms with E-state index >= 15 is 0 Å². The molecule has 0 saturated carbocycles. The van der Waals surface area contributed by atoms with E-state index in [0.29, 0.717) is 9.88 Å². The van der Waals surface area contributed by atoms with E-state index in [-0.39, 0.29) is 16.6 Å². The van der Waals surface area contributed by atoms with E-state index in [4.69, 9.17) is 12.2 Å². The van der Waals surface area contributed by atoms with E-state index in [1.807, 2.05) is 25.8 Å². The molecule has 0 radical (unpaired) electrons. The van der Waals surface area contributed by atoms with Gasteiger partial charge in [0.05, 0.1) is 4.92 Å². The second-order valence-electron chi connectivity index (χ2n) is 5.31. The number of hydroxylamine groups is 1. The molecule has 0 bridgehead atoms. The van der Waals surface area contributed by atoms with E-state index in [2.05, 4.69) is 0 Å². The minimum atomic E-state index is -0.462. The van der Waals surface area contributed by atoms with Gasteiger partial charge >= 0.3 is 0 Å². The zero-order valence-electron chi connectivity index (χ0n) is 11.9. The largest absolute Gasteiger partial charge is 0.347 e. The number of rotatable bonds is 3. The lowest BCUT2D eigenvalue weighted by Crippen LogP contribution is -2.47. The highest BCUT2D eigenvalue weighted by molar-refractivity contribution is 8.23. The summed E-state index contributed by atoms with van der Waals surface area (Å²) in [4.78, 5) is 12.2. The van der Waals surface area contributed by atoms with Crippen molar-refractivity contribution < 1.29 is 14.9 Å². The smallest absolute Gasteiger partial charge is 0.276 e. The topological polar surface area (TPSA) is 69.6 Å². The highest BCUT2D eigenvalue weighted by atomic mass is 32.2. The highest BCUT2D eigenvalue weighted by Crippen LogP contribution is 2.38. The first-order valence-corrected chi connectivity index (χ1v) is 7.53. The molecule has 1 aromatic carbocycles. The van der Waals surface area contributed by atoms with Gasteiger partial charge in [-0.1, -0.05) is 18.3 Å². The van der Waals surface area contributed by atoms with Gasteiger partial charge in [-0.15, -0.1) is 0 Å². The Morgan fingerprint density at radius 1 is 1.52 bits per heavy atom. The van der Waals surface area contributed by atoms with Gasteiger partial charge in [-0.05, 0) is 36.4 Å². The van der Waals surface area contributed by atoms with Crippen molar-refractivity contribution in [3.05, 3.63) is 39.9 Å². The zero-order valence-corrected chi connectivity index (χ0v) is 13.5. The van der Waals surface area contributed by atoms with Gasteiger partial charge in [-0.25, -0.2) is 0 Å². The van der Waals surface area contributed by atoms with Crippen molar-refractivity contribution in [2.75, 3.05) is 7.05 Å². The van der Waals surface area contributed by atoms with Crippen LogP contribution in [0.5, 0.6) is 0 Å². The number of likely N-dealkylation sites (N-methyl/N-ethyl adjacent to an activating group) is 1. The van der Waals surface area contributed by atoms with Crippen LogP contribution in [0, 0.1) is 10.1 Å². The molecule has 0 amide bonds. The SMILES string of the molecule is CN1C(=S)SC([N+](O)=Cc2cccc([N+](=O)[O-])c2)C1(C)C. The molecule has 1 saturated heterocycles. The maximum absolute atomic E-state index is 10.8. The molecule has 1 aromatic rings. The van der Waals surface area contributed by atoms with Crippen molar-refractivity contribution in [3.63, 3.8) is 0 Å². The maximum Gasteiger partial charge on any atom is 0.276 e. The number of thiocarbonyl (C=S) groups is 1. The van der Waals surface area contributed by atoms with Gasteiger partial charge in [0.25, 0.3) is 11.1 Å². The number of non-ortho nitro benzene ring substituents is 1. The van der Waals surface area contributed by atoms with Crippen molar-refractivity contribution in [3.8, 4) is 0 Å². The summed E-state index contributed by atoms with van der Waals surface area (Å²) in [5.74, 6) is 0. The summed E-state index contributed by atoms with van der Waals surface area (Å²) in [5, 5.41) is 20.8. The van der Waals surface area contributed by atoms with Crippen molar-refractivity contribution in [2.24, 2.45) is 0 Å². The van der Waals surface area contributed by atoms with Crippen molar-refractivity contribution >= 4 is 40.2 Å². The molecule has 1 fully saturated rings. The Bertz CT molecular complexity index is 631. The molecule has 1 aliphatic rings. The van der Waals surface area contributed by atoms with Gasteiger partial charge in [0.2, 0.25) is 6.21 Å². The molecular formula is C13H16N3O3S2+. The molecule has 6 nitrogen and oxygen atoms in total. The fourth-order valence-corrected chi connectivity index (χ4v) is 3.74. The Morgan fingerprint density at radius 2 is 2.19 bits per heavy atom. The maximum atomic E-state index is 10.8. The molecular weight excluding hydrogens is 310 g/mol. The Kier molecular flexibility index (Phi) is 4.20. The van der Waals surface area contributed by atoms with Crippen LogP contribution in [0.3, 0.4) is 0 Å². The van der Waals surface area contributed by atoms with Gasteiger partial charge in [-0.2, -0.15) is 0 Å². The van der Waals surface area contributed by atoms with Crippen LogP contribution < -0.4 is 0 Å². The predicted molar refractivity (Wildman–Crippen MR) is 86.1 cm³/mol. The first kappa shape index (κ1) is 15.7. The van der Waals surface area contributed by atoms with Gasteiger partial charge in [0.15, 0.2) is 0 Å². The Hall–Kier alpha value is -1.67. The number of thioether (sulfide) groups is 1. The van der Waals surface area contributed by atoms with Crippen LogP contribution in [-0.2, 0) is 0 Å².